The molecule has 0 atom stereocenters. The van der Waals surface area contributed by atoms with Crippen LogP contribution in [-0.2, 0) is 37.1 Å². The Morgan fingerprint density at radius 2 is 1.53 bits per heavy atom. The molecule has 0 N–H and O–H groups in total. The molecule has 182 valence electrons. The first-order valence-corrected chi connectivity index (χ1v) is 14.0. The molecule has 4 aromatic carbocycles. The zero-order valence-corrected chi connectivity index (χ0v) is 24.1. The van der Waals surface area contributed by atoms with Gasteiger partial charge < -0.3 is 0 Å². The molecule has 0 saturated carbocycles. The van der Waals surface area contributed by atoms with E-state index < -0.39 is 0 Å². The monoisotopic (exact) mass is 544 g/mol. The fraction of sp³-hybridized carbons (Fsp3) is 0.171. The van der Waals surface area contributed by atoms with Crippen molar-refractivity contribution < 1.29 is 24.2 Å². The van der Waals surface area contributed by atoms with E-state index in [2.05, 4.69) is 97.8 Å². The number of aryl methyl sites for hydroxylation is 3. The van der Waals surface area contributed by atoms with Crippen LogP contribution in [0, 0.1) is 38.1 Å². The van der Waals surface area contributed by atoms with Crippen LogP contribution in [0.5, 0.6) is 0 Å². The summed E-state index contributed by atoms with van der Waals surface area (Å²) in [5, 5.41) is 0. The maximum Gasteiger partial charge on any atom is -0.171 e. The van der Waals surface area contributed by atoms with Crippen LogP contribution in [0.15, 0.2) is 103 Å². The van der Waals surface area contributed by atoms with E-state index in [1.807, 2.05) is 54.6 Å². The molecule has 0 amide bonds. The summed E-state index contributed by atoms with van der Waals surface area (Å²) in [6.45, 7) is 6.40. The molecule has 2 aliphatic rings. The number of fused-ring (bicyclic) bond motifs is 3. The normalized spacial score (nSPS) is 11.1. The van der Waals surface area contributed by atoms with Gasteiger partial charge in [-0.1, -0.05) is 49.6 Å². The van der Waals surface area contributed by atoms with Gasteiger partial charge in [0.15, 0.2) is 0 Å². The molecule has 0 fully saturated rings. The maximum atomic E-state index is 3.45. The predicted molar refractivity (Wildman–Crippen MR) is 152 cm³/mol. The minimum absolute atomic E-state index is 1.01. The van der Waals surface area contributed by atoms with Gasteiger partial charge >= 0.3 is 28.4 Å². The number of hydrogen-bond donors (Lipinski definition) is 0. The van der Waals surface area contributed by atoms with E-state index in [-0.39, 0.29) is 0 Å². The fourth-order valence-electron chi connectivity index (χ4n) is 3.71. The summed E-state index contributed by atoms with van der Waals surface area (Å²) >= 11 is 1.30. The maximum absolute atomic E-state index is 3.45. The SMILES string of the molecule is CCc1cc[c-]cc1.Cc1[c-]c2c(cc1)-c1ccc(C)cc1C2.[C-]1=CC=CC1.[CH2]=[Zr].[c-]1ccccc1. The Bertz CT molecular complexity index is 1120. The first kappa shape index (κ1) is 29.3. The molecule has 0 radical (unpaired) electrons. The second kappa shape index (κ2) is 17.5. The van der Waals surface area contributed by atoms with E-state index >= 15 is 0 Å². The van der Waals surface area contributed by atoms with Gasteiger partial charge in [0.1, 0.15) is 0 Å². The Balaban J connectivity index is 0.000000183. The Hall–Kier alpha value is -2.89. The van der Waals surface area contributed by atoms with Gasteiger partial charge in [-0.25, -0.2) is 12.2 Å². The van der Waals surface area contributed by atoms with Crippen LogP contribution in [0.25, 0.3) is 11.1 Å². The van der Waals surface area contributed by atoms with Gasteiger partial charge in [0, 0.05) is 0 Å². The average Bonchev–Trinajstić information content (AvgIpc) is 3.63. The van der Waals surface area contributed by atoms with Crippen molar-refractivity contribution in [3.8, 4) is 11.1 Å². The van der Waals surface area contributed by atoms with E-state index in [0.29, 0.717) is 0 Å². The molecule has 0 heterocycles. The minimum Gasteiger partial charge on any atom is -0.184 e. The third-order valence-corrected chi connectivity index (χ3v) is 5.48. The third-order valence-electron chi connectivity index (χ3n) is 5.48. The molecular weight excluding hydrogens is 512 g/mol. The quantitative estimate of drug-likeness (QED) is 0.185. The largest absolute Gasteiger partial charge is 0.184 e. The average molecular weight is 546 g/mol. The van der Waals surface area contributed by atoms with Gasteiger partial charge in [0.2, 0.25) is 0 Å². The summed E-state index contributed by atoms with van der Waals surface area (Å²) in [6.07, 6.45) is 12.2. The summed E-state index contributed by atoms with van der Waals surface area (Å²) in [7, 11) is 0. The van der Waals surface area contributed by atoms with Crippen molar-refractivity contribution in [3.63, 3.8) is 0 Å². The molecule has 0 nitrogen and oxygen atoms in total. The molecule has 0 saturated heterocycles. The molecule has 0 aliphatic heterocycles. The first-order valence-electron chi connectivity index (χ1n) is 12.2. The summed E-state index contributed by atoms with van der Waals surface area (Å²) in [4.78, 5) is 0. The minimum atomic E-state index is 1.01. The molecule has 4 aromatic rings. The van der Waals surface area contributed by atoms with Crippen LogP contribution in [0.1, 0.15) is 41.2 Å². The molecule has 0 spiro atoms. The van der Waals surface area contributed by atoms with E-state index in [4.69, 9.17) is 0 Å². The zero-order chi connectivity index (χ0) is 26.0. The van der Waals surface area contributed by atoms with E-state index in [1.165, 1.54) is 63.2 Å². The molecule has 0 bridgehead atoms. The van der Waals surface area contributed by atoms with Crippen molar-refractivity contribution in [1.82, 2.24) is 0 Å². The first-order chi connectivity index (χ1) is 17.7. The molecule has 36 heavy (non-hydrogen) atoms. The van der Waals surface area contributed by atoms with Crippen LogP contribution in [0.2, 0.25) is 0 Å². The van der Waals surface area contributed by atoms with Crippen LogP contribution in [-0.4, -0.2) is 4.21 Å². The van der Waals surface area contributed by atoms with Crippen molar-refractivity contribution in [2.45, 2.75) is 40.0 Å². The molecular formula is C35H34Zr-4. The number of benzene rings is 4. The van der Waals surface area contributed by atoms with Crippen LogP contribution < -0.4 is 0 Å². The van der Waals surface area contributed by atoms with Gasteiger partial charge in [0.05, 0.1) is 0 Å². The summed E-state index contributed by atoms with van der Waals surface area (Å²) in [6, 6.07) is 38.1. The summed E-state index contributed by atoms with van der Waals surface area (Å²) in [5.74, 6) is 0. The molecule has 1 heteroatoms. The molecule has 0 unspecified atom stereocenters. The van der Waals surface area contributed by atoms with Gasteiger partial charge in [0.25, 0.3) is 0 Å². The standard InChI is InChI=1S/C15H13.C8H9.C6H5.C5H5.CH2.Zr/c1-10-3-5-14-12(7-10)9-13-8-11(2)4-6-15(13)14;1-2-8-6-4-3-5-7-8;1-2-4-6-5-3-1;1-2-4-5-3-1;;/h3-7H,9H2,1-2H3;4-7H,2H2,1H3;1-5H;1-3H,4H2;1H2;/q4*-1;;. The molecule has 2 aliphatic carbocycles. The third kappa shape index (κ3) is 10.4. The Morgan fingerprint density at radius 1 is 0.833 bits per heavy atom. The van der Waals surface area contributed by atoms with Gasteiger partial charge in [-0.05, 0) is 18.9 Å². The van der Waals surface area contributed by atoms with Crippen molar-refractivity contribution in [1.29, 1.82) is 0 Å². The van der Waals surface area contributed by atoms with E-state index in [9.17, 15) is 0 Å². The number of allylic oxidation sites excluding steroid dienone is 4. The van der Waals surface area contributed by atoms with Crippen molar-refractivity contribution >= 4 is 4.21 Å². The fourth-order valence-corrected chi connectivity index (χ4v) is 3.71. The van der Waals surface area contributed by atoms with E-state index in [1.54, 1.807) is 0 Å². The Kier molecular flexibility index (Phi) is 14.3. The van der Waals surface area contributed by atoms with Crippen molar-refractivity contribution in [2.75, 3.05) is 0 Å². The summed E-state index contributed by atoms with van der Waals surface area (Å²) < 4.78 is 3.34. The topological polar surface area (TPSA) is 0 Å². The number of hydrogen-bond acceptors (Lipinski definition) is 0. The van der Waals surface area contributed by atoms with Gasteiger partial charge in [-0.3, -0.25) is 6.08 Å². The molecule has 0 aromatic heterocycles. The van der Waals surface area contributed by atoms with Crippen molar-refractivity contribution in [3.05, 3.63) is 155 Å². The van der Waals surface area contributed by atoms with Gasteiger partial charge in [-0.2, -0.15) is 102 Å². The van der Waals surface area contributed by atoms with Crippen LogP contribution in [0.3, 0.4) is 0 Å². The Morgan fingerprint density at radius 3 is 2.03 bits per heavy atom. The van der Waals surface area contributed by atoms with Crippen LogP contribution in [0.4, 0.5) is 0 Å². The van der Waals surface area contributed by atoms with E-state index in [0.717, 1.165) is 19.3 Å². The smallest absolute Gasteiger partial charge is 0.171 e. The zero-order valence-electron chi connectivity index (χ0n) is 21.6. The van der Waals surface area contributed by atoms with Crippen molar-refractivity contribution in [2.24, 2.45) is 0 Å². The molecule has 6 rings (SSSR count). The van der Waals surface area contributed by atoms with Crippen LogP contribution >= 0.6 is 0 Å². The Labute approximate surface area is 233 Å². The number of rotatable bonds is 1. The summed E-state index contributed by atoms with van der Waals surface area (Å²) in [5.41, 5.74) is 9.53. The second-order valence-electron chi connectivity index (χ2n) is 8.21. The van der Waals surface area contributed by atoms with Gasteiger partial charge in [-0.15, -0.1) is 17.5 Å². The predicted octanol–water partition coefficient (Wildman–Crippen LogP) is 8.48. The second-order valence-corrected chi connectivity index (χ2v) is 8.21.